The van der Waals surface area contributed by atoms with E-state index in [1.165, 1.54) is 12.4 Å². The summed E-state index contributed by atoms with van der Waals surface area (Å²) in [5, 5.41) is 18.9. The van der Waals surface area contributed by atoms with Crippen molar-refractivity contribution in [3.63, 3.8) is 0 Å². The zero-order valence-electron chi connectivity index (χ0n) is 13.3. The van der Waals surface area contributed by atoms with Crippen molar-refractivity contribution in [1.29, 1.82) is 5.26 Å². The van der Waals surface area contributed by atoms with Gasteiger partial charge in [0.15, 0.2) is 11.5 Å². The molecule has 0 spiro atoms. The molecule has 0 saturated heterocycles. The summed E-state index contributed by atoms with van der Waals surface area (Å²) in [5.74, 6) is 0.271. The summed E-state index contributed by atoms with van der Waals surface area (Å²) >= 11 is 0. The molecule has 1 aromatic carbocycles. The van der Waals surface area contributed by atoms with Gasteiger partial charge >= 0.3 is 0 Å². The van der Waals surface area contributed by atoms with Crippen molar-refractivity contribution in [2.45, 2.75) is 13.1 Å². The molecule has 0 aliphatic rings. The van der Waals surface area contributed by atoms with Gasteiger partial charge in [-0.1, -0.05) is 12.1 Å². The Labute approximate surface area is 144 Å². The van der Waals surface area contributed by atoms with E-state index in [2.05, 4.69) is 25.7 Å². The lowest BCUT2D eigenvalue weighted by molar-refractivity contribution is -0.116. The van der Waals surface area contributed by atoms with Gasteiger partial charge in [0.25, 0.3) is 0 Å². The minimum atomic E-state index is -0.158. The Morgan fingerprint density at radius 3 is 2.88 bits per heavy atom. The van der Waals surface area contributed by atoms with E-state index in [1.807, 2.05) is 30.3 Å². The van der Waals surface area contributed by atoms with Crippen LogP contribution in [0.1, 0.15) is 11.3 Å². The number of nitriles is 1. The standard InChI is InChI=1S/C17H15N7O/c18-10-15-17(20-7-6-19-15)21-11-13-3-1-4-14(9-13)23-16(25)12-24-8-2-5-22-24/h1-9H,11-12H2,(H,20,21)(H,23,25). The molecule has 0 radical (unpaired) electrons. The lowest BCUT2D eigenvalue weighted by Gasteiger charge is -2.09. The molecule has 0 fully saturated rings. The highest BCUT2D eigenvalue weighted by Gasteiger charge is 2.06. The maximum atomic E-state index is 12.0. The largest absolute Gasteiger partial charge is 0.364 e. The average molecular weight is 333 g/mol. The molecule has 0 bridgehead atoms. The van der Waals surface area contributed by atoms with E-state index in [1.54, 1.807) is 23.1 Å². The van der Waals surface area contributed by atoms with Gasteiger partial charge in [-0.25, -0.2) is 9.97 Å². The van der Waals surface area contributed by atoms with Crippen LogP contribution in [0.2, 0.25) is 0 Å². The number of rotatable bonds is 6. The highest BCUT2D eigenvalue weighted by molar-refractivity contribution is 5.90. The topological polar surface area (TPSA) is 109 Å². The van der Waals surface area contributed by atoms with Crippen molar-refractivity contribution < 1.29 is 4.79 Å². The molecule has 2 heterocycles. The number of carbonyl (C=O) groups excluding carboxylic acids is 1. The molecule has 2 aromatic heterocycles. The SMILES string of the molecule is N#Cc1nccnc1NCc1cccc(NC(=O)Cn2cccn2)c1. The predicted molar refractivity (Wildman–Crippen MR) is 91.4 cm³/mol. The number of hydrogen-bond acceptors (Lipinski definition) is 6. The van der Waals surface area contributed by atoms with E-state index in [-0.39, 0.29) is 18.1 Å². The molecule has 1 amide bonds. The Bertz CT molecular complexity index is 899. The summed E-state index contributed by atoms with van der Waals surface area (Å²) in [5.41, 5.74) is 1.87. The molecule has 8 nitrogen and oxygen atoms in total. The normalized spacial score (nSPS) is 10.0. The van der Waals surface area contributed by atoms with Gasteiger partial charge in [0.05, 0.1) is 0 Å². The number of aromatic nitrogens is 4. The van der Waals surface area contributed by atoms with Gasteiger partial charge in [0.2, 0.25) is 5.91 Å². The maximum Gasteiger partial charge on any atom is 0.246 e. The molecule has 2 N–H and O–H groups in total. The van der Waals surface area contributed by atoms with Crippen LogP contribution in [0.4, 0.5) is 11.5 Å². The third-order valence-corrected chi connectivity index (χ3v) is 3.34. The number of hydrogen-bond donors (Lipinski definition) is 2. The molecule has 0 atom stereocenters. The van der Waals surface area contributed by atoms with Gasteiger partial charge in [-0.15, -0.1) is 0 Å². The van der Waals surface area contributed by atoms with Crippen molar-refractivity contribution in [3.8, 4) is 6.07 Å². The van der Waals surface area contributed by atoms with E-state index >= 15 is 0 Å². The summed E-state index contributed by atoms with van der Waals surface area (Å²) < 4.78 is 1.55. The highest BCUT2D eigenvalue weighted by Crippen LogP contribution is 2.13. The first-order chi connectivity index (χ1) is 12.2. The molecule has 0 aliphatic carbocycles. The Morgan fingerprint density at radius 1 is 1.20 bits per heavy atom. The van der Waals surface area contributed by atoms with Crippen LogP contribution in [0.3, 0.4) is 0 Å². The van der Waals surface area contributed by atoms with Crippen LogP contribution in [0, 0.1) is 11.3 Å². The number of nitrogens with one attached hydrogen (secondary N) is 2. The van der Waals surface area contributed by atoms with Crippen LogP contribution in [0.5, 0.6) is 0 Å². The first-order valence-corrected chi connectivity index (χ1v) is 7.56. The Kier molecular flexibility index (Phi) is 4.97. The summed E-state index contributed by atoms with van der Waals surface area (Å²) in [6, 6.07) is 11.2. The van der Waals surface area contributed by atoms with Gasteiger partial charge in [0.1, 0.15) is 12.6 Å². The van der Waals surface area contributed by atoms with Crippen molar-refractivity contribution in [2.24, 2.45) is 0 Å². The van der Waals surface area contributed by atoms with E-state index in [0.717, 1.165) is 5.56 Å². The Morgan fingerprint density at radius 2 is 2.08 bits per heavy atom. The number of nitrogens with zero attached hydrogens (tertiary/aromatic N) is 5. The fourth-order valence-electron chi connectivity index (χ4n) is 2.24. The quantitative estimate of drug-likeness (QED) is 0.712. The lowest BCUT2D eigenvalue weighted by atomic mass is 10.2. The van der Waals surface area contributed by atoms with Gasteiger partial charge in [-0.3, -0.25) is 9.48 Å². The van der Waals surface area contributed by atoms with E-state index in [4.69, 9.17) is 5.26 Å². The number of carbonyl (C=O) groups is 1. The Hall–Kier alpha value is -3.73. The molecule has 8 heteroatoms. The van der Waals surface area contributed by atoms with Crippen LogP contribution in [-0.2, 0) is 17.9 Å². The summed E-state index contributed by atoms with van der Waals surface area (Å²) in [6.07, 6.45) is 6.35. The third kappa shape index (κ3) is 4.39. The van der Waals surface area contributed by atoms with Crippen molar-refractivity contribution in [1.82, 2.24) is 19.7 Å². The average Bonchev–Trinajstić information content (AvgIpc) is 3.13. The van der Waals surface area contributed by atoms with Crippen LogP contribution in [-0.4, -0.2) is 25.7 Å². The predicted octanol–water partition coefficient (Wildman–Crippen LogP) is 1.80. The molecular weight excluding hydrogens is 318 g/mol. The van der Waals surface area contributed by atoms with Crippen LogP contribution in [0.25, 0.3) is 0 Å². The van der Waals surface area contributed by atoms with Crippen molar-refractivity contribution in [3.05, 3.63) is 66.4 Å². The van der Waals surface area contributed by atoms with Gasteiger partial charge in [0, 0.05) is 37.0 Å². The summed E-state index contributed by atoms with van der Waals surface area (Å²) in [7, 11) is 0. The van der Waals surface area contributed by atoms with Crippen molar-refractivity contribution >= 4 is 17.4 Å². The first-order valence-electron chi connectivity index (χ1n) is 7.56. The minimum Gasteiger partial charge on any atom is -0.364 e. The molecular formula is C17H15N7O. The molecule has 0 unspecified atom stereocenters. The second-order valence-electron chi connectivity index (χ2n) is 5.17. The lowest BCUT2D eigenvalue weighted by Crippen LogP contribution is -2.19. The second kappa shape index (κ2) is 7.70. The highest BCUT2D eigenvalue weighted by atomic mass is 16.2. The van der Waals surface area contributed by atoms with Gasteiger partial charge in [-0.2, -0.15) is 10.4 Å². The fourth-order valence-corrected chi connectivity index (χ4v) is 2.24. The molecule has 124 valence electrons. The molecule has 0 saturated carbocycles. The Balaban J connectivity index is 1.61. The van der Waals surface area contributed by atoms with Crippen LogP contribution in [0.15, 0.2) is 55.1 Å². The van der Waals surface area contributed by atoms with E-state index < -0.39 is 0 Å². The number of benzene rings is 1. The first kappa shape index (κ1) is 16.1. The summed E-state index contributed by atoms with van der Waals surface area (Å²) in [4.78, 5) is 20.1. The van der Waals surface area contributed by atoms with Crippen LogP contribution >= 0.6 is 0 Å². The minimum absolute atomic E-state index is 0.153. The zero-order valence-corrected chi connectivity index (χ0v) is 13.3. The zero-order chi connectivity index (χ0) is 17.5. The van der Waals surface area contributed by atoms with E-state index in [0.29, 0.717) is 18.1 Å². The van der Waals surface area contributed by atoms with E-state index in [9.17, 15) is 4.79 Å². The van der Waals surface area contributed by atoms with Gasteiger partial charge in [-0.05, 0) is 23.8 Å². The van der Waals surface area contributed by atoms with Gasteiger partial charge < -0.3 is 10.6 Å². The van der Waals surface area contributed by atoms with Crippen LogP contribution < -0.4 is 10.6 Å². The molecule has 25 heavy (non-hydrogen) atoms. The summed E-state index contributed by atoms with van der Waals surface area (Å²) in [6.45, 7) is 0.608. The molecule has 0 aliphatic heterocycles. The smallest absolute Gasteiger partial charge is 0.246 e. The second-order valence-corrected chi connectivity index (χ2v) is 5.17. The number of amides is 1. The molecule has 3 aromatic rings. The third-order valence-electron chi connectivity index (χ3n) is 3.34. The monoisotopic (exact) mass is 333 g/mol. The molecule has 3 rings (SSSR count). The maximum absolute atomic E-state index is 12.0. The number of anilines is 2. The van der Waals surface area contributed by atoms with Crippen molar-refractivity contribution in [2.75, 3.05) is 10.6 Å². The fraction of sp³-hybridized carbons (Fsp3) is 0.118.